The number of nitrogens with one attached hydrogen (secondary N) is 1. The Morgan fingerprint density at radius 1 is 1.55 bits per heavy atom. The van der Waals surface area contributed by atoms with Crippen molar-refractivity contribution < 1.29 is 9.53 Å². The average Bonchev–Trinajstić information content (AvgIpc) is 3.03. The number of amides is 1. The summed E-state index contributed by atoms with van der Waals surface area (Å²) in [5, 5.41) is 3.03. The van der Waals surface area contributed by atoms with E-state index in [2.05, 4.69) is 9.97 Å². The Morgan fingerprint density at radius 2 is 2.32 bits per heavy atom. The predicted octanol–water partition coefficient (Wildman–Crippen LogP) is 3.09. The van der Waals surface area contributed by atoms with Crippen LogP contribution in [-0.4, -0.2) is 45.6 Å². The zero-order valence-electron chi connectivity index (χ0n) is 13.3. The summed E-state index contributed by atoms with van der Waals surface area (Å²) >= 11 is 1.61. The van der Waals surface area contributed by atoms with Gasteiger partial charge in [-0.15, -0.1) is 11.3 Å². The maximum atomic E-state index is 12.7. The molecule has 3 rings (SSSR count). The molecule has 118 valence electrons. The van der Waals surface area contributed by atoms with Crippen molar-refractivity contribution in [2.75, 3.05) is 13.1 Å². The molecule has 0 aliphatic carbocycles. The van der Waals surface area contributed by atoms with Crippen molar-refractivity contribution in [2.24, 2.45) is 0 Å². The van der Waals surface area contributed by atoms with Gasteiger partial charge in [-0.25, -0.2) is 4.98 Å². The van der Waals surface area contributed by atoms with Gasteiger partial charge in [0.2, 0.25) is 0 Å². The Kier molecular flexibility index (Phi) is 3.82. The third-order valence-electron chi connectivity index (χ3n) is 3.68. The maximum absolute atomic E-state index is 12.7. The first-order valence-corrected chi connectivity index (χ1v) is 8.30. The molecule has 0 radical (unpaired) electrons. The highest BCUT2D eigenvalue weighted by Crippen LogP contribution is 2.25. The summed E-state index contributed by atoms with van der Waals surface area (Å²) in [6, 6.07) is 1.88. The molecule has 0 bridgehead atoms. The number of aryl methyl sites for hydroxylation is 1. The first-order valence-electron chi connectivity index (χ1n) is 7.42. The number of thiazole rings is 1. The number of morpholine rings is 1. The smallest absolute Gasteiger partial charge is 0.270 e. The average molecular weight is 319 g/mol. The van der Waals surface area contributed by atoms with E-state index in [4.69, 9.17) is 4.74 Å². The van der Waals surface area contributed by atoms with Crippen LogP contribution in [0.5, 0.6) is 0 Å². The number of carbonyl (C=O) groups is 1. The maximum Gasteiger partial charge on any atom is 0.270 e. The Bertz CT molecular complexity index is 689. The van der Waals surface area contributed by atoms with Crippen molar-refractivity contribution in [1.82, 2.24) is 14.9 Å². The summed E-state index contributed by atoms with van der Waals surface area (Å²) in [5.41, 5.74) is 2.15. The SMILES string of the molecule is Cc1nc(-c2c[nH]c(C(=O)N3CC(C)OC(C)(C)C3)c2)cs1. The van der Waals surface area contributed by atoms with Gasteiger partial charge in [-0.1, -0.05) is 0 Å². The van der Waals surface area contributed by atoms with E-state index < -0.39 is 0 Å². The topological polar surface area (TPSA) is 58.2 Å². The van der Waals surface area contributed by atoms with Crippen LogP contribution in [-0.2, 0) is 4.74 Å². The van der Waals surface area contributed by atoms with Gasteiger partial charge in [0.15, 0.2) is 0 Å². The van der Waals surface area contributed by atoms with Crippen LogP contribution in [0.3, 0.4) is 0 Å². The molecule has 0 saturated carbocycles. The number of hydrogen-bond acceptors (Lipinski definition) is 4. The van der Waals surface area contributed by atoms with Crippen molar-refractivity contribution >= 4 is 17.2 Å². The second-order valence-electron chi connectivity index (χ2n) is 6.43. The second-order valence-corrected chi connectivity index (χ2v) is 7.49. The highest BCUT2D eigenvalue weighted by Gasteiger charge is 2.34. The molecule has 2 aromatic heterocycles. The predicted molar refractivity (Wildman–Crippen MR) is 87.2 cm³/mol. The number of aromatic nitrogens is 2. The summed E-state index contributed by atoms with van der Waals surface area (Å²) in [6.07, 6.45) is 1.89. The second kappa shape index (κ2) is 5.52. The summed E-state index contributed by atoms with van der Waals surface area (Å²) in [6.45, 7) is 9.22. The lowest BCUT2D eigenvalue weighted by atomic mass is 10.1. The van der Waals surface area contributed by atoms with Crippen LogP contribution in [0.4, 0.5) is 0 Å². The van der Waals surface area contributed by atoms with Gasteiger partial charge in [0.1, 0.15) is 5.69 Å². The zero-order chi connectivity index (χ0) is 15.9. The molecule has 3 heterocycles. The monoisotopic (exact) mass is 319 g/mol. The summed E-state index contributed by atoms with van der Waals surface area (Å²) in [5.74, 6) is 0.0152. The van der Waals surface area contributed by atoms with E-state index in [-0.39, 0.29) is 17.6 Å². The lowest BCUT2D eigenvalue weighted by Crippen LogP contribution is -2.53. The van der Waals surface area contributed by atoms with E-state index >= 15 is 0 Å². The summed E-state index contributed by atoms with van der Waals surface area (Å²) < 4.78 is 5.85. The van der Waals surface area contributed by atoms with Crippen LogP contribution in [0.15, 0.2) is 17.6 Å². The van der Waals surface area contributed by atoms with Gasteiger partial charge in [-0.3, -0.25) is 4.79 Å². The minimum atomic E-state index is -0.311. The van der Waals surface area contributed by atoms with Crippen molar-refractivity contribution in [3.8, 4) is 11.3 Å². The van der Waals surface area contributed by atoms with Crippen LogP contribution >= 0.6 is 11.3 Å². The third-order valence-corrected chi connectivity index (χ3v) is 4.46. The number of rotatable bonds is 2. The van der Waals surface area contributed by atoms with Crippen LogP contribution in [0.2, 0.25) is 0 Å². The fourth-order valence-corrected chi connectivity index (χ4v) is 3.56. The van der Waals surface area contributed by atoms with Gasteiger partial charge in [-0.05, 0) is 33.8 Å². The molecule has 1 amide bonds. The number of H-pyrrole nitrogens is 1. The molecule has 1 aliphatic heterocycles. The molecule has 1 aliphatic rings. The molecule has 6 heteroatoms. The van der Waals surface area contributed by atoms with Crippen molar-refractivity contribution in [3.05, 3.63) is 28.3 Å². The minimum absolute atomic E-state index is 0.0152. The molecule has 5 nitrogen and oxygen atoms in total. The molecule has 1 unspecified atom stereocenters. The lowest BCUT2D eigenvalue weighted by Gasteiger charge is -2.41. The van der Waals surface area contributed by atoms with Gasteiger partial charge < -0.3 is 14.6 Å². The Hall–Kier alpha value is -1.66. The van der Waals surface area contributed by atoms with E-state index in [1.807, 2.05) is 50.2 Å². The molecule has 0 aromatic carbocycles. The summed E-state index contributed by atoms with van der Waals surface area (Å²) in [4.78, 5) is 22.1. The standard InChI is InChI=1S/C16H21N3O2S/c1-10-7-19(9-16(3,4)21-10)15(20)13-5-12(6-17-13)14-8-22-11(2)18-14/h5-6,8,10,17H,7,9H2,1-4H3. The number of carbonyl (C=O) groups excluding carboxylic acids is 1. The van der Waals surface area contributed by atoms with E-state index in [1.54, 1.807) is 11.3 Å². The molecule has 2 aromatic rings. The van der Waals surface area contributed by atoms with Crippen molar-refractivity contribution in [3.63, 3.8) is 0 Å². The van der Waals surface area contributed by atoms with E-state index in [1.165, 1.54) is 0 Å². The van der Waals surface area contributed by atoms with Gasteiger partial charge in [-0.2, -0.15) is 0 Å². The number of aromatic amines is 1. The lowest BCUT2D eigenvalue weighted by molar-refractivity contribution is -0.118. The molecular formula is C16H21N3O2S. The Balaban J connectivity index is 1.79. The Labute approximate surface area is 134 Å². The Morgan fingerprint density at radius 3 is 2.95 bits per heavy atom. The van der Waals surface area contributed by atoms with Gasteiger partial charge in [0.05, 0.1) is 22.4 Å². The molecule has 1 N–H and O–H groups in total. The molecule has 22 heavy (non-hydrogen) atoms. The van der Waals surface area contributed by atoms with Crippen LogP contribution < -0.4 is 0 Å². The minimum Gasteiger partial charge on any atom is -0.369 e. The van der Waals surface area contributed by atoms with Crippen LogP contribution in [0, 0.1) is 6.92 Å². The first kappa shape index (κ1) is 15.2. The fourth-order valence-electron chi connectivity index (χ4n) is 2.94. The number of ether oxygens (including phenoxy) is 1. The molecule has 1 fully saturated rings. The molecule has 0 spiro atoms. The largest absolute Gasteiger partial charge is 0.369 e. The first-order chi connectivity index (χ1) is 10.3. The normalized spacial score (nSPS) is 21.1. The van der Waals surface area contributed by atoms with Crippen LogP contribution in [0.25, 0.3) is 11.3 Å². The highest BCUT2D eigenvalue weighted by molar-refractivity contribution is 7.09. The highest BCUT2D eigenvalue weighted by atomic mass is 32.1. The van der Waals surface area contributed by atoms with Gasteiger partial charge in [0, 0.05) is 30.2 Å². The fraction of sp³-hybridized carbons (Fsp3) is 0.500. The molecule has 1 saturated heterocycles. The zero-order valence-corrected chi connectivity index (χ0v) is 14.2. The van der Waals surface area contributed by atoms with E-state index in [9.17, 15) is 4.79 Å². The van der Waals surface area contributed by atoms with Gasteiger partial charge >= 0.3 is 0 Å². The molecular weight excluding hydrogens is 298 g/mol. The van der Waals surface area contributed by atoms with Crippen molar-refractivity contribution in [1.29, 1.82) is 0 Å². The quantitative estimate of drug-likeness (QED) is 0.925. The third kappa shape index (κ3) is 3.08. The van der Waals surface area contributed by atoms with Gasteiger partial charge in [0.25, 0.3) is 5.91 Å². The van der Waals surface area contributed by atoms with Crippen molar-refractivity contribution in [2.45, 2.75) is 39.4 Å². The molecule has 1 atom stereocenters. The van der Waals surface area contributed by atoms with Crippen LogP contribution in [0.1, 0.15) is 36.3 Å². The summed E-state index contributed by atoms with van der Waals surface area (Å²) in [7, 11) is 0. The number of hydrogen-bond donors (Lipinski definition) is 1. The number of nitrogens with zero attached hydrogens (tertiary/aromatic N) is 2. The van der Waals surface area contributed by atoms with E-state index in [0.29, 0.717) is 18.8 Å². The van der Waals surface area contributed by atoms with E-state index in [0.717, 1.165) is 16.3 Å².